The molecule has 2 heterocycles. The first-order valence-electron chi connectivity index (χ1n) is 7.09. The number of fused-ring (bicyclic) bond motifs is 1. The number of ether oxygens (including phenoxy) is 4. The average Bonchev–Trinajstić information content (AvgIpc) is 2.51. The Morgan fingerprint density at radius 2 is 1.90 bits per heavy atom. The molecule has 3 rings (SSSR count). The molecule has 6 atom stereocenters. The van der Waals surface area contributed by atoms with Crippen molar-refractivity contribution in [2.45, 2.75) is 50.5 Å². The Morgan fingerprint density at radius 1 is 1.14 bits per heavy atom. The molecule has 21 heavy (non-hydrogen) atoms. The number of rotatable bonds is 3. The fourth-order valence-corrected chi connectivity index (χ4v) is 2.59. The largest absolute Gasteiger partial charge is 0.387 e. The monoisotopic (exact) mass is 296 g/mol. The quantitative estimate of drug-likeness (QED) is 0.841. The summed E-state index contributed by atoms with van der Waals surface area (Å²) in [6.45, 7) is 2.35. The summed E-state index contributed by atoms with van der Waals surface area (Å²) in [5.41, 5.74) is 0.967. The zero-order valence-electron chi connectivity index (χ0n) is 11.8. The smallest absolute Gasteiger partial charge is 0.187 e. The van der Waals surface area contributed by atoms with Crippen molar-refractivity contribution in [2.24, 2.45) is 0 Å². The van der Waals surface area contributed by atoms with Gasteiger partial charge < -0.3 is 29.2 Å². The molecule has 0 aromatic heterocycles. The van der Waals surface area contributed by atoms with Crippen LogP contribution in [0.25, 0.3) is 0 Å². The Hall–Kier alpha value is -1.02. The zero-order valence-corrected chi connectivity index (χ0v) is 11.8. The molecule has 2 fully saturated rings. The van der Waals surface area contributed by atoms with Crippen LogP contribution >= 0.6 is 0 Å². The van der Waals surface area contributed by atoms with E-state index in [0.717, 1.165) is 5.56 Å². The maximum Gasteiger partial charge on any atom is 0.187 e. The highest BCUT2D eigenvalue weighted by atomic mass is 16.8. The Labute approximate surface area is 123 Å². The van der Waals surface area contributed by atoms with Crippen LogP contribution in [0.15, 0.2) is 30.3 Å². The first-order chi connectivity index (χ1) is 10.1. The van der Waals surface area contributed by atoms with Gasteiger partial charge in [-0.15, -0.1) is 0 Å². The molecule has 0 aliphatic carbocycles. The van der Waals surface area contributed by atoms with E-state index in [1.165, 1.54) is 0 Å². The highest BCUT2D eigenvalue weighted by Gasteiger charge is 2.48. The molecule has 0 spiro atoms. The van der Waals surface area contributed by atoms with Gasteiger partial charge in [0.05, 0.1) is 13.2 Å². The Bertz CT molecular complexity index is 451. The van der Waals surface area contributed by atoms with Gasteiger partial charge >= 0.3 is 0 Å². The van der Waals surface area contributed by atoms with Crippen LogP contribution in [0, 0.1) is 0 Å². The van der Waals surface area contributed by atoms with E-state index in [-0.39, 0.29) is 0 Å². The highest BCUT2D eigenvalue weighted by molar-refractivity contribution is 5.13. The molecule has 1 aromatic carbocycles. The second kappa shape index (κ2) is 6.39. The number of benzene rings is 1. The molecule has 2 aliphatic heterocycles. The van der Waals surface area contributed by atoms with Gasteiger partial charge in [-0.25, -0.2) is 0 Å². The fraction of sp³-hybridized carbons (Fsp3) is 0.600. The minimum Gasteiger partial charge on any atom is -0.387 e. The summed E-state index contributed by atoms with van der Waals surface area (Å²) in [4.78, 5) is 0. The van der Waals surface area contributed by atoms with Crippen molar-refractivity contribution in [3.05, 3.63) is 35.9 Å². The first-order valence-corrected chi connectivity index (χ1v) is 7.09. The van der Waals surface area contributed by atoms with Gasteiger partial charge in [0, 0.05) is 0 Å². The Morgan fingerprint density at radius 3 is 2.67 bits per heavy atom. The first kappa shape index (κ1) is 14.9. The molecule has 1 aromatic rings. The summed E-state index contributed by atoms with van der Waals surface area (Å²) >= 11 is 0. The third-order valence-corrected chi connectivity index (χ3v) is 3.74. The van der Waals surface area contributed by atoms with Gasteiger partial charge in [-0.1, -0.05) is 30.3 Å². The average molecular weight is 296 g/mol. The molecule has 0 saturated carbocycles. The number of aliphatic hydroxyl groups is 2. The van der Waals surface area contributed by atoms with Gasteiger partial charge in [-0.05, 0) is 12.5 Å². The third kappa shape index (κ3) is 3.26. The van der Waals surface area contributed by atoms with Crippen molar-refractivity contribution in [1.29, 1.82) is 0 Å². The predicted molar refractivity (Wildman–Crippen MR) is 72.2 cm³/mol. The molecule has 116 valence electrons. The van der Waals surface area contributed by atoms with E-state index >= 15 is 0 Å². The van der Waals surface area contributed by atoms with Gasteiger partial charge in [0.15, 0.2) is 12.6 Å². The molecule has 6 heteroatoms. The lowest BCUT2D eigenvalue weighted by molar-refractivity contribution is -0.357. The van der Waals surface area contributed by atoms with Crippen molar-refractivity contribution in [3.63, 3.8) is 0 Å². The van der Waals surface area contributed by atoms with Crippen molar-refractivity contribution in [2.75, 3.05) is 6.61 Å². The van der Waals surface area contributed by atoms with E-state index in [0.29, 0.717) is 13.2 Å². The Kier molecular flexibility index (Phi) is 4.54. The molecule has 0 radical (unpaired) electrons. The molecular formula is C15H20O6. The van der Waals surface area contributed by atoms with Gasteiger partial charge in [0.1, 0.15) is 24.4 Å². The van der Waals surface area contributed by atoms with Gasteiger partial charge in [0.2, 0.25) is 0 Å². The molecule has 2 saturated heterocycles. The minimum absolute atomic E-state index is 0.296. The summed E-state index contributed by atoms with van der Waals surface area (Å²) in [5.74, 6) is 0. The lowest BCUT2D eigenvalue weighted by Crippen LogP contribution is -2.62. The van der Waals surface area contributed by atoms with Crippen LogP contribution in [-0.2, 0) is 25.6 Å². The second-order valence-corrected chi connectivity index (χ2v) is 5.32. The van der Waals surface area contributed by atoms with Crippen LogP contribution in [0.3, 0.4) is 0 Å². The molecule has 2 aliphatic rings. The van der Waals surface area contributed by atoms with Crippen molar-refractivity contribution in [3.8, 4) is 0 Å². The number of aliphatic hydroxyl groups excluding tert-OH is 2. The SMILES string of the molecule is CC1OC[C@H]2O[C@H](OCc3ccccc3)[C@H](O)[C@@H](O)[C@@H]2O1. The van der Waals surface area contributed by atoms with Crippen molar-refractivity contribution < 1.29 is 29.2 Å². The summed E-state index contributed by atoms with van der Waals surface area (Å²) in [6.07, 6.45) is -4.57. The van der Waals surface area contributed by atoms with Gasteiger partial charge in [-0.2, -0.15) is 0 Å². The number of hydrogen-bond donors (Lipinski definition) is 2. The van der Waals surface area contributed by atoms with Crippen LogP contribution in [0.5, 0.6) is 0 Å². The zero-order chi connectivity index (χ0) is 14.8. The van der Waals surface area contributed by atoms with E-state index in [1.54, 1.807) is 6.92 Å². The van der Waals surface area contributed by atoms with E-state index < -0.39 is 37.0 Å². The topological polar surface area (TPSA) is 77.4 Å². The Balaban J connectivity index is 1.61. The van der Waals surface area contributed by atoms with Crippen molar-refractivity contribution >= 4 is 0 Å². The van der Waals surface area contributed by atoms with Crippen LogP contribution in [0.1, 0.15) is 12.5 Å². The predicted octanol–water partition coefficient (Wildman–Crippen LogP) is 0.411. The molecule has 0 amide bonds. The van der Waals surface area contributed by atoms with Gasteiger partial charge in [0.25, 0.3) is 0 Å². The number of hydrogen-bond acceptors (Lipinski definition) is 6. The third-order valence-electron chi connectivity index (χ3n) is 3.74. The lowest BCUT2D eigenvalue weighted by atomic mass is 9.98. The summed E-state index contributed by atoms with van der Waals surface area (Å²) in [5, 5.41) is 20.3. The van der Waals surface area contributed by atoms with Gasteiger partial charge in [-0.3, -0.25) is 0 Å². The van der Waals surface area contributed by atoms with Crippen LogP contribution in [-0.4, -0.2) is 53.8 Å². The standard InChI is InChI=1S/C15H20O6/c1-9-18-8-11-14(20-9)12(16)13(17)15(21-11)19-7-10-5-3-2-4-6-10/h2-6,9,11-17H,7-8H2,1H3/t9?,11-,12-,13-,14-,15+/m1/s1. The van der Waals surface area contributed by atoms with Crippen LogP contribution in [0.4, 0.5) is 0 Å². The van der Waals surface area contributed by atoms with Crippen LogP contribution < -0.4 is 0 Å². The fourth-order valence-electron chi connectivity index (χ4n) is 2.59. The molecule has 1 unspecified atom stereocenters. The highest BCUT2D eigenvalue weighted by Crippen LogP contribution is 2.29. The van der Waals surface area contributed by atoms with E-state index in [9.17, 15) is 10.2 Å². The van der Waals surface area contributed by atoms with Crippen molar-refractivity contribution in [1.82, 2.24) is 0 Å². The summed E-state index contributed by atoms with van der Waals surface area (Å²) < 4.78 is 22.1. The maximum absolute atomic E-state index is 10.2. The summed E-state index contributed by atoms with van der Waals surface area (Å²) in [7, 11) is 0. The molecule has 2 N–H and O–H groups in total. The normalized spacial score (nSPS) is 39.8. The molecular weight excluding hydrogens is 276 g/mol. The summed E-state index contributed by atoms with van der Waals surface area (Å²) in [6, 6.07) is 9.57. The molecule has 6 nitrogen and oxygen atoms in total. The minimum atomic E-state index is -1.15. The molecule has 0 bridgehead atoms. The van der Waals surface area contributed by atoms with E-state index in [1.807, 2.05) is 30.3 Å². The van der Waals surface area contributed by atoms with E-state index in [2.05, 4.69) is 0 Å². The second-order valence-electron chi connectivity index (χ2n) is 5.32. The van der Waals surface area contributed by atoms with Crippen LogP contribution in [0.2, 0.25) is 0 Å². The van der Waals surface area contributed by atoms with E-state index in [4.69, 9.17) is 18.9 Å². The maximum atomic E-state index is 10.2. The lowest BCUT2D eigenvalue weighted by Gasteiger charge is -2.45.